The van der Waals surface area contributed by atoms with Crippen LogP contribution in [0.4, 0.5) is 5.69 Å². The summed E-state index contributed by atoms with van der Waals surface area (Å²) in [5.74, 6) is -1.58. The summed E-state index contributed by atoms with van der Waals surface area (Å²) in [5, 5.41) is 15.0. The van der Waals surface area contributed by atoms with Crippen LogP contribution in [0.1, 0.15) is 16.8 Å². The normalized spacial score (nSPS) is 18.3. The first-order valence-corrected chi connectivity index (χ1v) is 7.07. The fraction of sp³-hybridized carbons (Fsp3) is 0.385. The van der Waals surface area contributed by atoms with Crippen LogP contribution in [0.3, 0.4) is 0 Å². The molecule has 0 aliphatic carbocycles. The second-order valence-corrected chi connectivity index (χ2v) is 5.41. The van der Waals surface area contributed by atoms with E-state index >= 15 is 0 Å². The quantitative estimate of drug-likeness (QED) is 0.785. The SMILES string of the molecule is O=C(CC1CNCCO1)Nc1c(Cl)cc(Cl)cc1C(=O)O. The van der Waals surface area contributed by atoms with Crippen molar-refractivity contribution in [3.05, 3.63) is 27.7 Å². The molecular formula is C13H14Cl2N2O4. The first kappa shape index (κ1) is 16.0. The number of carboxylic acid groups (broad SMARTS) is 1. The van der Waals surface area contributed by atoms with Crippen molar-refractivity contribution in [2.45, 2.75) is 12.5 Å². The molecule has 0 radical (unpaired) electrons. The van der Waals surface area contributed by atoms with Gasteiger partial charge in [-0.25, -0.2) is 4.79 Å². The number of amides is 1. The van der Waals surface area contributed by atoms with Gasteiger partial charge >= 0.3 is 5.97 Å². The topological polar surface area (TPSA) is 87.7 Å². The van der Waals surface area contributed by atoms with Crippen molar-refractivity contribution >= 4 is 40.8 Å². The molecule has 1 fully saturated rings. The second kappa shape index (κ2) is 7.09. The largest absolute Gasteiger partial charge is 0.478 e. The van der Waals surface area contributed by atoms with Crippen molar-refractivity contribution in [3.8, 4) is 0 Å². The lowest BCUT2D eigenvalue weighted by atomic mass is 10.1. The van der Waals surface area contributed by atoms with Gasteiger partial charge in [0.1, 0.15) is 0 Å². The van der Waals surface area contributed by atoms with Gasteiger partial charge in [-0.3, -0.25) is 4.79 Å². The van der Waals surface area contributed by atoms with E-state index in [4.69, 9.17) is 33.0 Å². The molecule has 1 heterocycles. The van der Waals surface area contributed by atoms with Crippen LogP contribution in [-0.2, 0) is 9.53 Å². The van der Waals surface area contributed by atoms with Crippen LogP contribution in [0.15, 0.2) is 12.1 Å². The first-order valence-electron chi connectivity index (χ1n) is 6.32. The number of aromatic carboxylic acids is 1. The Morgan fingerprint density at radius 3 is 2.81 bits per heavy atom. The third-order valence-electron chi connectivity index (χ3n) is 2.97. The van der Waals surface area contributed by atoms with Gasteiger partial charge in [0.05, 0.1) is 35.4 Å². The number of hydrogen-bond donors (Lipinski definition) is 3. The Kier molecular flexibility index (Phi) is 5.41. The van der Waals surface area contributed by atoms with Crippen molar-refractivity contribution < 1.29 is 19.4 Å². The Labute approximate surface area is 131 Å². The lowest BCUT2D eigenvalue weighted by Crippen LogP contribution is -2.40. The Hall–Kier alpha value is -1.34. The number of carbonyl (C=O) groups excluding carboxylic acids is 1. The molecule has 0 bridgehead atoms. The fourth-order valence-corrected chi connectivity index (χ4v) is 2.56. The van der Waals surface area contributed by atoms with Crippen LogP contribution >= 0.6 is 23.2 Å². The highest BCUT2D eigenvalue weighted by molar-refractivity contribution is 6.37. The molecule has 1 atom stereocenters. The predicted molar refractivity (Wildman–Crippen MR) is 79.3 cm³/mol. The van der Waals surface area contributed by atoms with Gasteiger partial charge in [-0.1, -0.05) is 23.2 Å². The number of ether oxygens (including phenoxy) is 1. The van der Waals surface area contributed by atoms with Gasteiger partial charge in [-0.15, -0.1) is 0 Å². The van der Waals surface area contributed by atoms with Crippen molar-refractivity contribution in [2.24, 2.45) is 0 Å². The van der Waals surface area contributed by atoms with Crippen LogP contribution in [0, 0.1) is 0 Å². The maximum absolute atomic E-state index is 12.0. The summed E-state index contributed by atoms with van der Waals surface area (Å²) in [6.45, 7) is 1.87. The van der Waals surface area contributed by atoms with Gasteiger partial charge in [0.25, 0.3) is 0 Å². The molecule has 1 saturated heterocycles. The summed E-state index contributed by atoms with van der Waals surface area (Å²) < 4.78 is 5.42. The van der Waals surface area contributed by atoms with Gasteiger partial charge in [0, 0.05) is 18.1 Å². The van der Waals surface area contributed by atoms with Gasteiger partial charge in [0.15, 0.2) is 0 Å². The number of nitrogens with one attached hydrogen (secondary N) is 2. The van der Waals surface area contributed by atoms with E-state index in [1.54, 1.807) is 0 Å². The van der Waals surface area contributed by atoms with E-state index in [1.165, 1.54) is 12.1 Å². The maximum Gasteiger partial charge on any atom is 0.337 e. The number of benzene rings is 1. The monoisotopic (exact) mass is 332 g/mol. The van der Waals surface area contributed by atoms with Crippen molar-refractivity contribution in [1.82, 2.24) is 5.32 Å². The van der Waals surface area contributed by atoms with E-state index in [0.29, 0.717) is 13.2 Å². The first-order chi connectivity index (χ1) is 9.97. The zero-order valence-electron chi connectivity index (χ0n) is 11.0. The highest BCUT2D eigenvalue weighted by atomic mass is 35.5. The average molecular weight is 333 g/mol. The van der Waals surface area contributed by atoms with E-state index in [9.17, 15) is 9.59 Å². The fourth-order valence-electron chi connectivity index (χ4n) is 2.02. The number of morpholine rings is 1. The molecular weight excluding hydrogens is 319 g/mol. The molecule has 1 amide bonds. The summed E-state index contributed by atoms with van der Waals surface area (Å²) in [6, 6.07) is 2.62. The molecule has 1 aliphatic rings. The van der Waals surface area contributed by atoms with Crippen LogP contribution in [0.2, 0.25) is 10.0 Å². The van der Waals surface area contributed by atoms with Crippen molar-refractivity contribution in [3.63, 3.8) is 0 Å². The van der Waals surface area contributed by atoms with Crippen LogP contribution in [0.25, 0.3) is 0 Å². The summed E-state index contributed by atoms with van der Waals surface area (Å²) >= 11 is 11.7. The zero-order chi connectivity index (χ0) is 15.4. The number of carboxylic acids is 1. The second-order valence-electron chi connectivity index (χ2n) is 4.56. The minimum Gasteiger partial charge on any atom is -0.478 e. The van der Waals surface area contributed by atoms with Gasteiger partial charge < -0.3 is 20.5 Å². The molecule has 114 valence electrons. The molecule has 6 nitrogen and oxygen atoms in total. The van der Waals surface area contributed by atoms with Crippen molar-refractivity contribution in [2.75, 3.05) is 25.0 Å². The zero-order valence-corrected chi connectivity index (χ0v) is 12.5. The minimum absolute atomic E-state index is 0.0438. The van der Waals surface area contributed by atoms with Gasteiger partial charge in [-0.05, 0) is 12.1 Å². The molecule has 21 heavy (non-hydrogen) atoms. The molecule has 1 aromatic carbocycles. The van der Waals surface area contributed by atoms with E-state index in [2.05, 4.69) is 10.6 Å². The van der Waals surface area contributed by atoms with E-state index in [0.717, 1.165) is 6.54 Å². The number of hydrogen-bond acceptors (Lipinski definition) is 4. The molecule has 2 rings (SSSR count). The predicted octanol–water partition coefficient (Wildman–Crippen LogP) is 2.01. The Bertz CT molecular complexity index is 559. The highest BCUT2D eigenvalue weighted by Crippen LogP contribution is 2.30. The van der Waals surface area contributed by atoms with Crippen LogP contribution in [0.5, 0.6) is 0 Å². The summed E-state index contributed by atoms with van der Waals surface area (Å²) in [4.78, 5) is 23.2. The number of rotatable bonds is 4. The molecule has 8 heteroatoms. The van der Waals surface area contributed by atoms with Crippen LogP contribution < -0.4 is 10.6 Å². The van der Waals surface area contributed by atoms with E-state index < -0.39 is 5.97 Å². The van der Waals surface area contributed by atoms with E-state index in [1.807, 2.05) is 0 Å². The Morgan fingerprint density at radius 2 is 2.19 bits per heavy atom. The van der Waals surface area contributed by atoms with Crippen molar-refractivity contribution in [1.29, 1.82) is 0 Å². The summed E-state index contributed by atoms with van der Waals surface area (Å²) in [5.41, 5.74) is -0.106. The van der Waals surface area contributed by atoms with E-state index in [-0.39, 0.29) is 39.7 Å². The summed E-state index contributed by atoms with van der Waals surface area (Å²) in [6.07, 6.45) is -0.122. The Balaban J connectivity index is 2.11. The lowest BCUT2D eigenvalue weighted by molar-refractivity contribution is -0.119. The minimum atomic E-state index is -1.22. The Morgan fingerprint density at radius 1 is 1.43 bits per heavy atom. The lowest BCUT2D eigenvalue weighted by Gasteiger charge is -2.23. The van der Waals surface area contributed by atoms with Crippen LogP contribution in [-0.4, -0.2) is 42.8 Å². The molecule has 3 N–H and O–H groups in total. The molecule has 0 saturated carbocycles. The average Bonchev–Trinajstić information content (AvgIpc) is 2.42. The highest BCUT2D eigenvalue weighted by Gasteiger charge is 2.21. The molecule has 1 aliphatic heterocycles. The number of anilines is 1. The summed E-state index contributed by atoms with van der Waals surface area (Å²) in [7, 11) is 0. The molecule has 0 spiro atoms. The third kappa shape index (κ3) is 4.31. The van der Waals surface area contributed by atoms with Gasteiger partial charge in [0.2, 0.25) is 5.91 Å². The molecule has 0 aromatic heterocycles. The maximum atomic E-state index is 12.0. The molecule has 1 unspecified atom stereocenters. The number of halogens is 2. The standard InChI is InChI=1S/C13H14Cl2N2O4/c14-7-3-9(13(19)20)12(10(15)4-7)17-11(18)5-8-6-16-1-2-21-8/h3-4,8,16H,1-2,5-6H2,(H,17,18)(H,19,20). The third-order valence-corrected chi connectivity index (χ3v) is 3.48. The van der Waals surface area contributed by atoms with Gasteiger partial charge in [-0.2, -0.15) is 0 Å². The molecule has 1 aromatic rings. The smallest absolute Gasteiger partial charge is 0.337 e. The number of carbonyl (C=O) groups is 2.